The van der Waals surface area contributed by atoms with Crippen LogP contribution in [0.2, 0.25) is 0 Å². The van der Waals surface area contributed by atoms with E-state index in [-0.39, 0.29) is 0 Å². The molecular formula is C8H15N3O2. The fourth-order valence-corrected chi connectivity index (χ4v) is 1.01. The van der Waals surface area contributed by atoms with Gasteiger partial charge in [-0.15, -0.1) is 0 Å². The van der Waals surface area contributed by atoms with E-state index in [1.165, 1.54) is 0 Å². The van der Waals surface area contributed by atoms with Crippen LogP contribution in [0.3, 0.4) is 0 Å². The van der Waals surface area contributed by atoms with Crippen molar-refractivity contribution in [2.45, 2.75) is 12.6 Å². The van der Waals surface area contributed by atoms with Gasteiger partial charge in [0.25, 0.3) is 0 Å². The number of aliphatic hydroxyl groups is 1. The molecule has 0 amide bonds. The number of aromatic amines is 1. The minimum atomic E-state index is -0.451. The summed E-state index contributed by atoms with van der Waals surface area (Å²) in [6, 6.07) is 1.88. The van der Waals surface area contributed by atoms with Crippen LogP contribution in [0.15, 0.2) is 12.3 Å². The molecule has 3 N–H and O–H groups in total. The van der Waals surface area contributed by atoms with Gasteiger partial charge in [-0.1, -0.05) is 0 Å². The van der Waals surface area contributed by atoms with Crippen molar-refractivity contribution in [3.63, 3.8) is 0 Å². The van der Waals surface area contributed by atoms with Gasteiger partial charge < -0.3 is 15.2 Å². The zero-order chi connectivity index (χ0) is 9.52. The summed E-state index contributed by atoms with van der Waals surface area (Å²) in [5, 5.41) is 19.0. The molecule has 1 rings (SSSR count). The largest absolute Gasteiger partial charge is 0.389 e. The third kappa shape index (κ3) is 4.02. The Bertz CT molecular complexity index is 213. The second kappa shape index (κ2) is 5.69. The summed E-state index contributed by atoms with van der Waals surface area (Å²) in [5.41, 5.74) is 1.00. The number of rotatable bonds is 6. The van der Waals surface area contributed by atoms with Gasteiger partial charge in [-0.2, -0.15) is 5.10 Å². The minimum Gasteiger partial charge on any atom is -0.389 e. The maximum absolute atomic E-state index is 9.26. The van der Waals surface area contributed by atoms with Crippen LogP contribution in [0.1, 0.15) is 5.69 Å². The molecule has 1 unspecified atom stereocenters. The summed E-state index contributed by atoms with van der Waals surface area (Å²) in [6.07, 6.45) is 1.25. The Morgan fingerprint density at radius 1 is 1.77 bits per heavy atom. The molecule has 0 aromatic carbocycles. The number of methoxy groups -OCH3 is 1. The van der Waals surface area contributed by atoms with Gasteiger partial charge in [0.05, 0.1) is 12.7 Å². The van der Waals surface area contributed by atoms with E-state index in [4.69, 9.17) is 4.74 Å². The highest BCUT2D eigenvalue weighted by Gasteiger charge is 2.01. The average molecular weight is 185 g/mol. The Hall–Kier alpha value is -0.910. The molecule has 1 aromatic heterocycles. The normalized spacial score (nSPS) is 13.1. The molecule has 0 saturated carbocycles. The van der Waals surface area contributed by atoms with Gasteiger partial charge in [0.2, 0.25) is 0 Å². The molecule has 1 atom stereocenters. The second-order valence-electron chi connectivity index (χ2n) is 2.82. The Morgan fingerprint density at radius 3 is 3.23 bits per heavy atom. The first-order chi connectivity index (χ1) is 6.33. The van der Waals surface area contributed by atoms with Crippen molar-refractivity contribution in [1.29, 1.82) is 0 Å². The van der Waals surface area contributed by atoms with Crippen LogP contribution in [-0.4, -0.2) is 41.7 Å². The summed E-state index contributed by atoms with van der Waals surface area (Å²) in [6.45, 7) is 1.56. The SMILES string of the molecule is COCC(O)CNCc1ccn[nH]1. The molecule has 13 heavy (non-hydrogen) atoms. The van der Waals surface area contributed by atoms with E-state index in [0.29, 0.717) is 19.7 Å². The molecule has 0 spiro atoms. The average Bonchev–Trinajstić information content (AvgIpc) is 2.57. The molecule has 74 valence electrons. The summed E-state index contributed by atoms with van der Waals surface area (Å²) in [5.74, 6) is 0. The quantitative estimate of drug-likeness (QED) is 0.559. The van der Waals surface area contributed by atoms with Crippen LogP contribution in [0.5, 0.6) is 0 Å². The van der Waals surface area contributed by atoms with E-state index in [1.54, 1.807) is 13.3 Å². The first-order valence-corrected chi connectivity index (χ1v) is 4.19. The van der Waals surface area contributed by atoms with Crippen molar-refractivity contribution in [2.75, 3.05) is 20.3 Å². The summed E-state index contributed by atoms with van der Waals surface area (Å²) in [4.78, 5) is 0. The lowest BCUT2D eigenvalue weighted by molar-refractivity contribution is 0.0643. The van der Waals surface area contributed by atoms with Crippen LogP contribution in [0.25, 0.3) is 0 Å². The van der Waals surface area contributed by atoms with Crippen LogP contribution >= 0.6 is 0 Å². The van der Waals surface area contributed by atoms with E-state index in [2.05, 4.69) is 15.5 Å². The van der Waals surface area contributed by atoms with E-state index in [9.17, 15) is 5.11 Å². The highest BCUT2D eigenvalue weighted by molar-refractivity contribution is 4.96. The molecule has 0 fully saturated rings. The van der Waals surface area contributed by atoms with Gasteiger partial charge in [0, 0.05) is 32.1 Å². The molecule has 5 heteroatoms. The first-order valence-electron chi connectivity index (χ1n) is 4.19. The number of aliphatic hydroxyl groups excluding tert-OH is 1. The molecule has 0 saturated heterocycles. The third-order valence-corrected chi connectivity index (χ3v) is 1.61. The van der Waals surface area contributed by atoms with Gasteiger partial charge in [0.1, 0.15) is 0 Å². The number of nitrogens with one attached hydrogen (secondary N) is 2. The lowest BCUT2D eigenvalue weighted by Gasteiger charge is -2.09. The molecule has 0 aliphatic carbocycles. The van der Waals surface area contributed by atoms with Crippen molar-refractivity contribution in [1.82, 2.24) is 15.5 Å². The highest BCUT2D eigenvalue weighted by atomic mass is 16.5. The Morgan fingerprint density at radius 2 is 2.62 bits per heavy atom. The number of hydrogen-bond donors (Lipinski definition) is 3. The summed E-state index contributed by atoms with van der Waals surface area (Å²) < 4.78 is 4.78. The van der Waals surface area contributed by atoms with Crippen molar-refractivity contribution in [2.24, 2.45) is 0 Å². The van der Waals surface area contributed by atoms with E-state index < -0.39 is 6.10 Å². The van der Waals surface area contributed by atoms with Crippen molar-refractivity contribution < 1.29 is 9.84 Å². The third-order valence-electron chi connectivity index (χ3n) is 1.61. The summed E-state index contributed by atoms with van der Waals surface area (Å²) >= 11 is 0. The van der Waals surface area contributed by atoms with Gasteiger partial charge in [0.15, 0.2) is 0 Å². The molecule has 0 aliphatic heterocycles. The van der Waals surface area contributed by atoms with E-state index in [1.807, 2.05) is 6.07 Å². The Labute approximate surface area is 77.1 Å². The second-order valence-corrected chi connectivity index (χ2v) is 2.82. The number of H-pyrrole nitrogens is 1. The minimum absolute atomic E-state index is 0.357. The lowest BCUT2D eigenvalue weighted by atomic mass is 10.3. The lowest BCUT2D eigenvalue weighted by Crippen LogP contribution is -2.29. The van der Waals surface area contributed by atoms with Crippen LogP contribution in [0.4, 0.5) is 0 Å². The fourth-order valence-electron chi connectivity index (χ4n) is 1.01. The monoisotopic (exact) mass is 185 g/mol. The van der Waals surface area contributed by atoms with Gasteiger partial charge in [-0.3, -0.25) is 5.10 Å². The van der Waals surface area contributed by atoms with Crippen molar-refractivity contribution in [3.05, 3.63) is 18.0 Å². The van der Waals surface area contributed by atoms with Gasteiger partial charge in [-0.05, 0) is 6.07 Å². The van der Waals surface area contributed by atoms with Crippen molar-refractivity contribution >= 4 is 0 Å². The number of aromatic nitrogens is 2. The zero-order valence-electron chi connectivity index (χ0n) is 7.66. The van der Waals surface area contributed by atoms with Gasteiger partial charge >= 0.3 is 0 Å². The molecule has 0 aliphatic rings. The fraction of sp³-hybridized carbons (Fsp3) is 0.625. The molecule has 0 radical (unpaired) electrons. The molecule has 0 bridgehead atoms. The number of hydrogen-bond acceptors (Lipinski definition) is 4. The van der Waals surface area contributed by atoms with Crippen LogP contribution < -0.4 is 5.32 Å². The molecule has 1 heterocycles. The predicted molar refractivity (Wildman–Crippen MR) is 48.2 cm³/mol. The summed E-state index contributed by atoms with van der Waals surface area (Å²) in [7, 11) is 1.57. The maximum atomic E-state index is 9.26. The molecular weight excluding hydrogens is 170 g/mol. The molecule has 5 nitrogen and oxygen atoms in total. The van der Waals surface area contributed by atoms with Crippen molar-refractivity contribution in [3.8, 4) is 0 Å². The highest BCUT2D eigenvalue weighted by Crippen LogP contribution is 1.90. The first kappa shape index (κ1) is 10.2. The molecule has 1 aromatic rings. The number of nitrogens with zero attached hydrogens (tertiary/aromatic N) is 1. The van der Waals surface area contributed by atoms with Crippen LogP contribution in [0, 0.1) is 0 Å². The Kier molecular flexibility index (Phi) is 4.45. The smallest absolute Gasteiger partial charge is 0.0897 e. The van der Waals surface area contributed by atoms with E-state index in [0.717, 1.165) is 5.69 Å². The topological polar surface area (TPSA) is 70.2 Å². The Balaban J connectivity index is 2.07. The number of ether oxygens (including phenoxy) is 1. The zero-order valence-corrected chi connectivity index (χ0v) is 7.66. The van der Waals surface area contributed by atoms with Gasteiger partial charge in [-0.25, -0.2) is 0 Å². The van der Waals surface area contributed by atoms with E-state index >= 15 is 0 Å². The maximum Gasteiger partial charge on any atom is 0.0897 e. The predicted octanol–water partition coefficient (Wildman–Crippen LogP) is -0.493. The standard InChI is InChI=1S/C8H15N3O2/c1-13-6-8(12)5-9-4-7-2-3-10-11-7/h2-3,8-9,12H,4-6H2,1H3,(H,10,11). The van der Waals surface area contributed by atoms with Crippen LogP contribution in [-0.2, 0) is 11.3 Å².